The van der Waals surface area contributed by atoms with Gasteiger partial charge in [-0.3, -0.25) is 9.10 Å². The van der Waals surface area contributed by atoms with Gasteiger partial charge in [0.05, 0.1) is 24.5 Å². The number of amides is 1. The molecule has 7 heteroatoms. The summed E-state index contributed by atoms with van der Waals surface area (Å²) >= 11 is 5.91. The average molecular weight is 457 g/mol. The number of nitrogens with one attached hydrogen (secondary N) is 1. The molecule has 0 aliphatic heterocycles. The summed E-state index contributed by atoms with van der Waals surface area (Å²) in [7, 11) is -3.52. The molecule has 31 heavy (non-hydrogen) atoms. The normalized spacial score (nSPS) is 12.3. The lowest BCUT2D eigenvalue weighted by molar-refractivity contribution is 0.0940. The number of hydrogen-bond donors (Lipinski definition) is 1. The van der Waals surface area contributed by atoms with E-state index < -0.39 is 10.0 Å². The first-order valence-corrected chi connectivity index (χ1v) is 12.1. The van der Waals surface area contributed by atoms with E-state index in [1.165, 1.54) is 4.31 Å². The van der Waals surface area contributed by atoms with Gasteiger partial charge in [-0.2, -0.15) is 0 Å². The highest BCUT2D eigenvalue weighted by atomic mass is 35.5. The molecule has 0 saturated heterocycles. The summed E-state index contributed by atoms with van der Waals surface area (Å²) in [5.41, 5.74) is 3.93. The van der Waals surface area contributed by atoms with E-state index in [2.05, 4.69) is 5.32 Å². The molecule has 1 amide bonds. The van der Waals surface area contributed by atoms with E-state index in [1.807, 2.05) is 38.1 Å². The highest BCUT2D eigenvalue weighted by Crippen LogP contribution is 2.22. The Morgan fingerprint density at radius 3 is 2.10 bits per heavy atom. The van der Waals surface area contributed by atoms with Gasteiger partial charge in [-0.05, 0) is 61.4 Å². The number of hydrogen-bond acceptors (Lipinski definition) is 3. The van der Waals surface area contributed by atoms with E-state index in [0.717, 1.165) is 22.9 Å². The molecular formula is C24H25ClN2O3S. The van der Waals surface area contributed by atoms with Crippen LogP contribution >= 0.6 is 11.6 Å². The zero-order chi connectivity index (χ0) is 22.6. The smallest absolute Gasteiger partial charge is 0.251 e. The minimum absolute atomic E-state index is 0.148. The second-order valence-corrected chi connectivity index (χ2v) is 9.89. The Morgan fingerprint density at radius 2 is 1.55 bits per heavy atom. The molecule has 0 radical (unpaired) electrons. The van der Waals surface area contributed by atoms with Crippen molar-refractivity contribution >= 4 is 33.2 Å². The van der Waals surface area contributed by atoms with Crippen molar-refractivity contribution in [3.05, 3.63) is 100 Å². The molecule has 5 nitrogen and oxygen atoms in total. The van der Waals surface area contributed by atoms with Crippen molar-refractivity contribution in [3.63, 3.8) is 0 Å². The molecule has 0 aromatic heterocycles. The van der Waals surface area contributed by atoms with Crippen LogP contribution in [0, 0.1) is 6.92 Å². The number of nitrogens with zero attached hydrogens (tertiary/aromatic N) is 1. The van der Waals surface area contributed by atoms with Crippen molar-refractivity contribution in [2.75, 3.05) is 10.6 Å². The fourth-order valence-electron chi connectivity index (χ4n) is 3.15. The molecule has 0 fully saturated rings. The predicted octanol–water partition coefficient (Wildman–Crippen LogP) is 5.11. The Labute approximate surface area is 188 Å². The molecule has 1 N–H and O–H groups in total. The van der Waals surface area contributed by atoms with Crippen molar-refractivity contribution < 1.29 is 13.2 Å². The maximum atomic E-state index is 12.6. The number of aryl methyl sites for hydroxylation is 1. The number of carbonyl (C=O) groups is 1. The SMILES string of the molecule is Cc1ccc([C@@H](C)NC(=O)c2ccc(N(Cc3ccc(Cl)cc3)S(C)(=O)=O)cc2)cc1. The minimum Gasteiger partial charge on any atom is -0.346 e. The molecule has 0 aliphatic rings. The van der Waals surface area contributed by atoms with Gasteiger partial charge in [-0.25, -0.2) is 8.42 Å². The lowest BCUT2D eigenvalue weighted by atomic mass is 10.1. The molecule has 162 valence electrons. The van der Waals surface area contributed by atoms with Crippen molar-refractivity contribution in [1.82, 2.24) is 5.32 Å². The molecule has 0 aliphatic carbocycles. The Balaban J connectivity index is 1.75. The van der Waals surface area contributed by atoms with E-state index in [9.17, 15) is 13.2 Å². The zero-order valence-corrected chi connectivity index (χ0v) is 19.2. The summed E-state index contributed by atoms with van der Waals surface area (Å²) in [6, 6.07) is 21.4. The topological polar surface area (TPSA) is 66.5 Å². The largest absolute Gasteiger partial charge is 0.346 e. The number of benzene rings is 3. The van der Waals surface area contributed by atoms with Crippen molar-refractivity contribution in [1.29, 1.82) is 0 Å². The van der Waals surface area contributed by atoms with Crippen LogP contribution in [0.2, 0.25) is 5.02 Å². The van der Waals surface area contributed by atoms with Crippen LogP contribution in [-0.2, 0) is 16.6 Å². The highest BCUT2D eigenvalue weighted by molar-refractivity contribution is 7.92. The Kier molecular flexibility index (Phi) is 7.03. The van der Waals surface area contributed by atoms with Crippen LogP contribution in [0.5, 0.6) is 0 Å². The van der Waals surface area contributed by atoms with Gasteiger partial charge in [-0.1, -0.05) is 53.6 Å². The summed E-state index contributed by atoms with van der Waals surface area (Å²) in [5, 5.41) is 3.56. The highest BCUT2D eigenvalue weighted by Gasteiger charge is 2.19. The number of sulfonamides is 1. The first kappa shape index (κ1) is 22.8. The second-order valence-electron chi connectivity index (χ2n) is 7.55. The summed E-state index contributed by atoms with van der Waals surface area (Å²) in [6.45, 7) is 4.11. The maximum absolute atomic E-state index is 12.6. The van der Waals surface area contributed by atoms with Gasteiger partial charge in [0.1, 0.15) is 0 Å². The molecule has 0 spiro atoms. The molecule has 0 bridgehead atoms. The van der Waals surface area contributed by atoms with E-state index in [-0.39, 0.29) is 18.5 Å². The molecule has 3 aromatic rings. The van der Waals surface area contributed by atoms with Gasteiger partial charge >= 0.3 is 0 Å². The summed E-state index contributed by atoms with van der Waals surface area (Å²) in [6.07, 6.45) is 1.16. The Bertz CT molecular complexity index is 1140. The number of anilines is 1. The molecule has 0 heterocycles. The van der Waals surface area contributed by atoms with E-state index in [1.54, 1.807) is 48.5 Å². The summed E-state index contributed by atoms with van der Waals surface area (Å²) < 4.78 is 26.0. The molecule has 1 atom stereocenters. The Morgan fingerprint density at radius 1 is 0.968 bits per heavy atom. The van der Waals surface area contributed by atoms with Crippen LogP contribution in [0.4, 0.5) is 5.69 Å². The first-order chi connectivity index (χ1) is 14.6. The predicted molar refractivity (Wildman–Crippen MR) is 126 cm³/mol. The number of rotatable bonds is 7. The van der Waals surface area contributed by atoms with Gasteiger partial charge in [0.25, 0.3) is 5.91 Å². The van der Waals surface area contributed by atoms with E-state index in [0.29, 0.717) is 16.3 Å². The van der Waals surface area contributed by atoms with Crippen molar-refractivity contribution in [2.45, 2.75) is 26.4 Å². The van der Waals surface area contributed by atoms with E-state index in [4.69, 9.17) is 11.6 Å². The third kappa shape index (κ3) is 6.09. The summed E-state index contributed by atoms with van der Waals surface area (Å²) in [5.74, 6) is -0.219. The van der Waals surface area contributed by atoms with E-state index >= 15 is 0 Å². The second kappa shape index (κ2) is 9.54. The maximum Gasteiger partial charge on any atom is 0.251 e. The zero-order valence-electron chi connectivity index (χ0n) is 17.7. The standard InChI is InChI=1S/C24H25ClN2O3S/c1-17-4-8-20(9-5-17)18(2)26-24(28)21-10-14-23(15-11-21)27(31(3,29)30)16-19-6-12-22(25)13-7-19/h4-15,18H,16H2,1-3H3,(H,26,28)/t18-/m1/s1. The van der Waals surface area contributed by atoms with Crippen LogP contribution < -0.4 is 9.62 Å². The third-order valence-electron chi connectivity index (χ3n) is 4.98. The van der Waals surface area contributed by atoms with Crippen LogP contribution in [0.25, 0.3) is 0 Å². The number of carbonyl (C=O) groups excluding carboxylic acids is 1. The fraction of sp³-hybridized carbons (Fsp3) is 0.208. The van der Waals surface area contributed by atoms with Crippen LogP contribution in [0.3, 0.4) is 0 Å². The lowest BCUT2D eigenvalue weighted by Crippen LogP contribution is -2.29. The number of halogens is 1. The fourth-order valence-corrected chi connectivity index (χ4v) is 4.17. The van der Waals surface area contributed by atoms with Gasteiger partial charge in [-0.15, -0.1) is 0 Å². The van der Waals surface area contributed by atoms with Crippen LogP contribution in [-0.4, -0.2) is 20.6 Å². The average Bonchev–Trinajstić information content (AvgIpc) is 2.73. The quantitative estimate of drug-likeness (QED) is 0.537. The molecule has 0 saturated carbocycles. The van der Waals surface area contributed by atoms with Crippen LogP contribution in [0.1, 0.15) is 40.0 Å². The molecule has 3 aromatic carbocycles. The van der Waals surface area contributed by atoms with Crippen molar-refractivity contribution in [2.24, 2.45) is 0 Å². The van der Waals surface area contributed by atoms with Crippen LogP contribution in [0.15, 0.2) is 72.8 Å². The first-order valence-electron chi connectivity index (χ1n) is 9.83. The minimum atomic E-state index is -3.52. The third-order valence-corrected chi connectivity index (χ3v) is 6.37. The molecule has 0 unspecified atom stereocenters. The van der Waals surface area contributed by atoms with Gasteiger partial charge in [0.15, 0.2) is 0 Å². The van der Waals surface area contributed by atoms with Gasteiger partial charge in [0, 0.05) is 10.6 Å². The summed E-state index contributed by atoms with van der Waals surface area (Å²) in [4.78, 5) is 12.6. The molecular weight excluding hydrogens is 432 g/mol. The lowest BCUT2D eigenvalue weighted by Gasteiger charge is -2.23. The monoisotopic (exact) mass is 456 g/mol. The molecule has 3 rings (SSSR count). The van der Waals surface area contributed by atoms with Gasteiger partial charge in [0.2, 0.25) is 10.0 Å². The van der Waals surface area contributed by atoms with Gasteiger partial charge < -0.3 is 5.32 Å². The van der Waals surface area contributed by atoms with Crippen molar-refractivity contribution in [3.8, 4) is 0 Å². The Hall–Kier alpha value is -2.83.